The van der Waals surface area contributed by atoms with Crippen molar-refractivity contribution in [3.63, 3.8) is 0 Å². The molecule has 0 bridgehead atoms. The number of benzene rings is 1. The summed E-state index contributed by atoms with van der Waals surface area (Å²) in [6.07, 6.45) is 1.47. The number of aromatic nitrogens is 2. The quantitative estimate of drug-likeness (QED) is 0.785. The number of nitrogens with zero attached hydrogens (tertiary/aromatic N) is 2. The number of methoxy groups -OCH3 is 1. The first-order valence-corrected chi connectivity index (χ1v) is 6.86. The first kappa shape index (κ1) is 14.9. The summed E-state index contributed by atoms with van der Waals surface area (Å²) in [5.41, 5.74) is 0.662. The van der Waals surface area contributed by atoms with Crippen LogP contribution in [0, 0.1) is 11.6 Å². The summed E-state index contributed by atoms with van der Waals surface area (Å²) in [4.78, 5) is 8.41. The Kier molecular flexibility index (Phi) is 4.14. The van der Waals surface area contributed by atoms with Crippen molar-refractivity contribution in [3.8, 4) is 17.0 Å². The Bertz CT molecular complexity index is 822. The van der Waals surface area contributed by atoms with Gasteiger partial charge in [0.05, 0.1) is 7.11 Å². The summed E-state index contributed by atoms with van der Waals surface area (Å²) in [5, 5.41) is 3.01. The van der Waals surface area contributed by atoms with Crippen LogP contribution in [0.15, 0.2) is 54.7 Å². The SMILES string of the molecule is COc1cccc(Nc2ccc(-c3cccc(F)c3F)cn2)n1. The third-order valence-corrected chi connectivity index (χ3v) is 3.21. The molecule has 1 aromatic carbocycles. The summed E-state index contributed by atoms with van der Waals surface area (Å²) in [6, 6.07) is 12.7. The van der Waals surface area contributed by atoms with E-state index in [1.807, 2.05) is 0 Å². The number of hydrogen-bond acceptors (Lipinski definition) is 4. The van der Waals surface area contributed by atoms with Crippen LogP contribution in [0.25, 0.3) is 11.1 Å². The lowest BCUT2D eigenvalue weighted by Crippen LogP contribution is -1.97. The minimum Gasteiger partial charge on any atom is -0.481 e. The zero-order valence-corrected chi connectivity index (χ0v) is 12.3. The lowest BCUT2D eigenvalue weighted by molar-refractivity contribution is 0.398. The van der Waals surface area contributed by atoms with Crippen molar-refractivity contribution in [2.75, 3.05) is 12.4 Å². The van der Waals surface area contributed by atoms with Crippen molar-refractivity contribution in [1.82, 2.24) is 9.97 Å². The van der Waals surface area contributed by atoms with Gasteiger partial charge in [0.2, 0.25) is 5.88 Å². The molecule has 3 rings (SSSR count). The smallest absolute Gasteiger partial charge is 0.214 e. The van der Waals surface area contributed by atoms with E-state index in [9.17, 15) is 8.78 Å². The molecule has 0 saturated heterocycles. The van der Waals surface area contributed by atoms with Crippen molar-refractivity contribution in [1.29, 1.82) is 0 Å². The van der Waals surface area contributed by atoms with E-state index < -0.39 is 11.6 Å². The normalized spacial score (nSPS) is 10.4. The molecule has 6 heteroatoms. The number of hydrogen-bond donors (Lipinski definition) is 1. The zero-order chi connectivity index (χ0) is 16.2. The van der Waals surface area contributed by atoms with Gasteiger partial charge in [-0.25, -0.2) is 13.8 Å². The average Bonchev–Trinajstić information content (AvgIpc) is 2.58. The minimum absolute atomic E-state index is 0.170. The highest BCUT2D eigenvalue weighted by Crippen LogP contribution is 2.25. The van der Waals surface area contributed by atoms with E-state index in [-0.39, 0.29) is 5.56 Å². The second-order valence-electron chi connectivity index (χ2n) is 4.72. The summed E-state index contributed by atoms with van der Waals surface area (Å²) < 4.78 is 32.1. The fourth-order valence-electron chi connectivity index (χ4n) is 2.08. The van der Waals surface area contributed by atoms with Crippen LogP contribution >= 0.6 is 0 Å². The third kappa shape index (κ3) is 3.26. The fraction of sp³-hybridized carbons (Fsp3) is 0.0588. The van der Waals surface area contributed by atoms with Crippen molar-refractivity contribution in [2.24, 2.45) is 0 Å². The van der Waals surface area contributed by atoms with Gasteiger partial charge in [-0.05, 0) is 24.3 Å². The molecule has 1 N–H and O–H groups in total. The number of ether oxygens (including phenoxy) is 1. The molecule has 3 aromatic rings. The molecule has 0 unspecified atom stereocenters. The van der Waals surface area contributed by atoms with Gasteiger partial charge in [0, 0.05) is 23.4 Å². The number of anilines is 2. The monoisotopic (exact) mass is 313 g/mol. The van der Waals surface area contributed by atoms with E-state index in [4.69, 9.17) is 4.74 Å². The Balaban J connectivity index is 1.83. The van der Waals surface area contributed by atoms with Gasteiger partial charge in [0.25, 0.3) is 0 Å². The van der Waals surface area contributed by atoms with Crippen LogP contribution in [0.1, 0.15) is 0 Å². The second-order valence-corrected chi connectivity index (χ2v) is 4.72. The van der Waals surface area contributed by atoms with Crippen molar-refractivity contribution < 1.29 is 13.5 Å². The van der Waals surface area contributed by atoms with Crippen LogP contribution in [0.5, 0.6) is 5.88 Å². The zero-order valence-electron chi connectivity index (χ0n) is 12.3. The summed E-state index contributed by atoms with van der Waals surface area (Å²) >= 11 is 0. The van der Waals surface area contributed by atoms with Gasteiger partial charge in [0.15, 0.2) is 11.6 Å². The Morgan fingerprint density at radius 2 is 1.78 bits per heavy atom. The Labute approximate surface area is 131 Å². The predicted octanol–water partition coefficient (Wildman–Crippen LogP) is 4.17. The number of rotatable bonds is 4. The van der Waals surface area contributed by atoms with Crippen LogP contribution in [0.2, 0.25) is 0 Å². The molecule has 0 aliphatic rings. The summed E-state index contributed by atoms with van der Waals surface area (Å²) in [7, 11) is 1.53. The van der Waals surface area contributed by atoms with E-state index in [2.05, 4.69) is 15.3 Å². The van der Waals surface area contributed by atoms with E-state index >= 15 is 0 Å². The molecule has 2 heterocycles. The molecule has 0 radical (unpaired) electrons. The first-order chi connectivity index (χ1) is 11.2. The highest BCUT2D eigenvalue weighted by Gasteiger charge is 2.10. The van der Waals surface area contributed by atoms with Gasteiger partial charge in [-0.15, -0.1) is 0 Å². The van der Waals surface area contributed by atoms with Crippen molar-refractivity contribution in [2.45, 2.75) is 0 Å². The van der Waals surface area contributed by atoms with Gasteiger partial charge in [-0.3, -0.25) is 0 Å². The van der Waals surface area contributed by atoms with Crippen molar-refractivity contribution >= 4 is 11.6 Å². The molecule has 0 amide bonds. The second kappa shape index (κ2) is 6.39. The van der Waals surface area contributed by atoms with Crippen LogP contribution in [0.4, 0.5) is 20.4 Å². The Morgan fingerprint density at radius 1 is 0.957 bits per heavy atom. The topological polar surface area (TPSA) is 47.0 Å². The molecule has 0 aliphatic carbocycles. The van der Waals surface area contributed by atoms with Crippen LogP contribution in [0.3, 0.4) is 0 Å². The van der Waals surface area contributed by atoms with E-state index in [0.717, 1.165) is 6.07 Å². The lowest BCUT2D eigenvalue weighted by Gasteiger charge is -2.08. The average molecular weight is 313 g/mol. The number of pyridine rings is 2. The standard InChI is InChI=1S/C17H13F2N3O/c1-23-16-7-3-6-15(22-16)21-14-9-8-11(10-20-14)12-4-2-5-13(18)17(12)19/h2-10H,1H3,(H,20,21,22). The maximum Gasteiger partial charge on any atom is 0.214 e. The summed E-state index contributed by atoms with van der Waals surface area (Å²) in [6.45, 7) is 0. The fourth-order valence-corrected chi connectivity index (χ4v) is 2.08. The number of halogens is 2. The number of nitrogens with one attached hydrogen (secondary N) is 1. The molecule has 0 atom stereocenters. The molecule has 0 aliphatic heterocycles. The highest BCUT2D eigenvalue weighted by molar-refractivity contribution is 5.65. The first-order valence-electron chi connectivity index (χ1n) is 6.86. The van der Waals surface area contributed by atoms with Crippen LogP contribution < -0.4 is 10.1 Å². The molecule has 0 fully saturated rings. The molecule has 0 saturated carbocycles. The van der Waals surface area contributed by atoms with E-state index in [1.54, 1.807) is 30.3 Å². The van der Waals surface area contributed by atoms with E-state index in [1.165, 1.54) is 25.4 Å². The third-order valence-electron chi connectivity index (χ3n) is 3.21. The minimum atomic E-state index is -0.885. The van der Waals surface area contributed by atoms with Gasteiger partial charge < -0.3 is 10.1 Å². The maximum absolute atomic E-state index is 13.8. The van der Waals surface area contributed by atoms with Crippen LogP contribution in [-0.2, 0) is 0 Å². The van der Waals surface area contributed by atoms with E-state index in [0.29, 0.717) is 23.1 Å². The van der Waals surface area contributed by atoms with Gasteiger partial charge >= 0.3 is 0 Å². The molecule has 2 aromatic heterocycles. The van der Waals surface area contributed by atoms with Gasteiger partial charge in [0.1, 0.15) is 11.6 Å². The molecule has 116 valence electrons. The van der Waals surface area contributed by atoms with Crippen LogP contribution in [-0.4, -0.2) is 17.1 Å². The molecule has 4 nitrogen and oxygen atoms in total. The molecular formula is C17H13F2N3O. The van der Waals surface area contributed by atoms with Crippen molar-refractivity contribution in [3.05, 3.63) is 66.4 Å². The summed E-state index contributed by atoms with van der Waals surface area (Å²) in [5.74, 6) is -0.184. The Morgan fingerprint density at radius 3 is 2.52 bits per heavy atom. The van der Waals surface area contributed by atoms with Gasteiger partial charge in [-0.1, -0.05) is 18.2 Å². The largest absolute Gasteiger partial charge is 0.481 e. The molecule has 0 spiro atoms. The predicted molar refractivity (Wildman–Crippen MR) is 83.7 cm³/mol. The molecule has 23 heavy (non-hydrogen) atoms. The molecular weight excluding hydrogens is 300 g/mol. The lowest BCUT2D eigenvalue weighted by atomic mass is 10.1. The maximum atomic E-state index is 13.8. The highest BCUT2D eigenvalue weighted by atomic mass is 19.2. The van der Waals surface area contributed by atoms with Gasteiger partial charge in [-0.2, -0.15) is 4.98 Å². The Hall–Kier alpha value is -3.02.